The van der Waals surface area contributed by atoms with E-state index in [0.717, 1.165) is 5.56 Å². The molecular formula is C15H13ClN2O3. The molecule has 1 aromatic heterocycles. The highest BCUT2D eigenvalue weighted by Crippen LogP contribution is 2.14. The van der Waals surface area contributed by atoms with Crippen LogP contribution in [0.15, 0.2) is 42.5 Å². The topological polar surface area (TPSA) is 68.3 Å². The first-order valence-electron chi connectivity index (χ1n) is 6.19. The fourth-order valence-electron chi connectivity index (χ4n) is 1.69. The molecule has 108 valence electrons. The van der Waals surface area contributed by atoms with Crippen LogP contribution in [0.1, 0.15) is 26.5 Å². The lowest BCUT2D eigenvalue weighted by atomic mass is 10.2. The number of aromatic nitrogens is 1. The number of carbonyl (C=O) groups is 2. The molecule has 0 saturated heterocycles. The molecule has 2 rings (SSSR count). The van der Waals surface area contributed by atoms with E-state index in [9.17, 15) is 9.59 Å². The zero-order valence-corrected chi connectivity index (χ0v) is 12.1. The summed E-state index contributed by atoms with van der Waals surface area (Å²) in [5.41, 5.74) is 1.03. The first kappa shape index (κ1) is 15.0. The van der Waals surface area contributed by atoms with E-state index in [1.165, 1.54) is 19.2 Å². The van der Waals surface area contributed by atoms with Gasteiger partial charge in [0.05, 0.1) is 7.11 Å². The first-order valence-corrected chi connectivity index (χ1v) is 6.56. The number of carbonyl (C=O) groups excluding carboxylic acids is 2. The number of ether oxygens (including phenoxy) is 1. The third-order valence-corrected chi connectivity index (χ3v) is 3.14. The van der Waals surface area contributed by atoms with Gasteiger partial charge in [-0.25, -0.2) is 9.78 Å². The van der Waals surface area contributed by atoms with Crippen molar-refractivity contribution < 1.29 is 14.3 Å². The number of hydrogen-bond donors (Lipinski definition) is 1. The summed E-state index contributed by atoms with van der Waals surface area (Å²) in [5.74, 6) is -0.976. The van der Waals surface area contributed by atoms with E-state index in [1.54, 1.807) is 12.1 Å². The molecule has 6 heteroatoms. The zero-order valence-electron chi connectivity index (χ0n) is 11.3. The van der Waals surface area contributed by atoms with E-state index in [0.29, 0.717) is 5.02 Å². The van der Waals surface area contributed by atoms with Crippen LogP contribution in [-0.4, -0.2) is 24.0 Å². The van der Waals surface area contributed by atoms with Gasteiger partial charge in [-0.3, -0.25) is 4.79 Å². The molecule has 0 aliphatic heterocycles. The molecular weight excluding hydrogens is 292 g/mol. The van der Waals surface area contributed by atoms with E-state index in [-0.39, 0.29) is 23.8 Å². The Hall–Kier alpha value is -2.40. The van der Waals surface area contributed by atoms with E-state index >= 15 is 0 Å². The SMILES string of the molecule is COC(=O)c1cccc(C(=O)NCc2ccccc2Cl)n1. The molecule has 0 radical (unpaired) electrons. The number of methoxy groups -OCH3 is 1. The summed E-state index contributed by atoms with van der Waals surface area (Å²) < 4.78 is 4.57. The van der Waals surface area contributed by atoms with Gasteiger partial charge in [-0.2, -0.15) is 0 Å². The predicted molar refractivity (Wildman–Crippen MR) is 78.2 cm³/mol. The molecule has 21 heavy (non-hydrogen) atoms. The first-order chi connectivity index (χ1) is 10.1. The highest BCUT2D eigenvalue weighted by molar-refractivity contribution is 6.31. The summed E-state index contributed by atoms with van der Waals surface area (Å²) >= 11 is 6.01. The Morgan fingerprint density at radius 3 is 2.57 bits per heavy atom. The minimum atomic E-state index is -0.587. The van der Waals surface area contributed by atoms with Crippen LogP contribution in [0.3, 0.4) is 0 Å². The molecule has 0 aliphatic carbocycles. The number of halogens is 1. The smallest absolute Gasteiger partial charge is 0.356 e. The molecule has 0 unspecified atom stereocenters. The van der Waals surface area contributed by atoms with Gasteiger partial charge >= 0.3 is 5.97 Å². The Balaban J connectivity index is 2.07. The van der Waals surface area contributed by atoms with E-state index in [1.807, 2.05) is 18.2 Å². The molecule has 1 aromatic carbocycles. The minimum absolute atomic E-state index is 0.0860. The molecule has 1 heterocycles. The zero-order chi connectivity index (χ0) is 15.2. The maximum Gasteiger partial charge on any atom is 0.356 e. The van der Waals surface area contributed by atoms with Crippen LogP contribution in [0.5, 0.6) is 0 Å². The van der Waals surface area contributed by atoms with Gasteiger partial charge in [0.1, 0.15) is 11.4 Å². The lowest BCUT2D eigenvalue weighted by Gasteiger charge is -2.07. The largest absolute Gasteiger partial charge is 0.464 e. The number of esters is 1. The second kappa shape index (κ2) is 6.85. The van der Waals surface area contributed by atoms with E-state index in [2.05, 4.69) is 15.0 Å². The van der Waals surface area contributed by atoms with Gasteiger partial charge in [0.25, 0.3) is 5.91 Å². The van der Waals surface area contributed by atoms with Crippen molar-refractivity contribution in [3.8, 4) is 0 Å². The molecule has 0 fully saturated rings. The monoisotopic (exact) mass is 304 g/mol. The number of amides is 1. The Morgan fingerprint density at radius 1 is 1.14 bits per heavy atom. The Kier molecular flexibility index (Phi) is 4.90. The maximum absolute atomic E-state index is 12.0. The summed E-state index contributed by atoms with van der Waals surface area (Å²) in [6.07, 6.45) is 0. The molecule has 0 saturated carbocycles. The molecule has 0 bridgehead atoms. The van der Waals surface area contributed by atoms with E-state index < -0.39 is 5.97 Å². The molecule has 1 N–H and O–H groups in total. The molecule has 1 amide bonds. The standard InChI is InChI=1S/C15H13ClN2O3/c1-21-15(20)13-8-4-7-12(18-13)14(19)17-9-10-5-2-3-6-11(10)16/h2-8H,9H2,1H3,(H,17,19). The third kappa shape index (κ3) is 3.79. The fourth-order valence-corrected chi connectivity index (χ4v) is 1.89. The second-order valence-electron chi connectivity index (χ2n) is 4.17. The number of benzene rings is 1. The number of nitrogens with one attached hydrogen (secondary N) is 1. The van der Waals surface area contributed by atoms with Gasteiger partial charge in [-0.15, -0.1) is 0 Å². The summed E-state index contributed by atoms with van der Waals surface area (Å²) in [7, 11) is 1.26. The summed E-state index contributed by atoms with van der Waals surface area (Å²) in [6, 6.07) is 11.8. The lowest BCUT2D eigenvalue weighted by molar-refractivity contribution is 0.0594. The van der Waals surface area contributed by atoms with E-state index in [4.69, 9.17) is 11.6 Å². The molecule has 0 spiro atoms. The summed E-state index contributed by atoms with van der Waals surface area (Å²) in [4.78, 5) is 27.4. The van der Waals surface area contributed by atoms with Crippen LogP contribution >= 0.6 is 11.6 Å². The van der Waals surface area contributed by atoms with Gasteiger partial charge in [0, 0.05) is 11.6 Å². The molecule has 5 nitrogen and oxygen atoms in total. The number of nitrogens with zero attached hydrogens (tertiary/aromatic N) is 1. The second-order valence-corrected chi connectivity index (χ2v) is 4.58. The van der Waals surface area contributed by atoms with Crippen molar-refractivity contribution in [2.75, 3.05) is 7.11 Å². The number of rotatable bonds is 4. The normalized spacial score (nSPS) is 10.0. The van der Waals surface area contributed by atoms with Crippen molar-refractivity contribution >= 4 is 23.5 Å². The van der Waals surface area contributed by atoms with Crippen molar-refractivity contribution in [2.24, 2.45) is 0 Å². The van der Waals surface area contributed by atoms with Crippen LogP contribution in [0.2, 0.25) is 5.02 Å². The van der Waals surface area contributed by atoms with Gasteiger partial charge < -0.3 is 10.1 Å². The Bertz CT molecular complexity index is 673. The van der Waals surface area contributed by atoms with Crippen molar-refractivity contribution in [1.82, 2.24) is 10.3 Å². The predicted octanol–water partition coefficient (Wildman–Crippen LogP) is 2.45. The molecule has 0 atom stereocenters. The van der Waals surface area contributed by atoms with Crippen molar-refractivity contribution in [3.63, 3.8) is 0 Å². The van der Waals surface area contributed by atoms with Crippen molar-refractivity contribution in [3.05, 3.63) is 64.4 Å². The van der Waals surface area contributed by atoms with Crippen LogP contribution in [0.4, 0.5) is 0 Å². The van der Waals surface area contributed by atoms with Gasteiger partial charge in [0.2, 0.25) is 0 Å². The maximum atomic E-state index is 12.0. The highest BCUT2D eigenvalue weighted by atomic mass is 35.5. The Labute approximate surface area is 126 Å². The minimum Gasteiger partial charge on any atom is -0.464 e. The van der Waals surface area contributed by atoms with Crippen molar-refractivity contribution in [1.29, 1.82) is 0 Å². The third-order valence-electron chi connectivity index (χ3n) is 2.77. The van der Waals surface area contributed by atoms with Gasteiger partial charge in [0.15, 0.2) is 0 Å². The van der Waals surface area contributed by atoms with Gasteiger partial charge in [-0.1, -0.05) is 35.9 Å². The number of hydrogen-bond acceptors (Lipinski definition) is 4. The number of pyridine rings is 1. The quantitative estimate of drug-likeness (QED) is 0.881. The van der Waals surface area contributed by atoms with Crippen LogP contribution in [-0.2, 0) is 11.3 Å². The highest BCUT2D eigenvalue weighted by Gasteiger charge is 2.12. The molecule has 2 aromatic rings. The average Bonchev–Trinajstić information content (AvgIpc) is 2.53. The van der Waals surface area contributed by atoms with Gasteiger partial charge in [-0.05, 0) is 23.8 Å². The average molecular weight is 305 g/mol. The van der Waals surface area contributed by atoms with Crippen LogP contribution in [0.25, 0.3) is 0 Å². The summed E-state index contributed by atoms with van der Waals surface area (Å²) in [6.45, 7) is 0.280. The fraction of sp³-hybridized carbons (Fsp3) is 0.133. The van der Waals surface area contributed by atoms with Crippen LogP contribution < -0.4 is 5.32 Å². The Morgan fingerprint density at radius 2 is 1.86 bits per heavy atom. The lowest BCUT2D eigenvalue weighted by Crippen LogP contribution is -2.24. The summed E-state index contributed by atoms with van der Waals surface area (Å²) in [5, 5.41) is 3.28. The molecule has 0 aliphatic rings. The van der Waals surface area contributed by atoms with Crippen molar-refractivity contribution in [2.45, 2.75) is 6.54 Å². The van der Waals surface area contributed by atoms with Crippen LogP contribution in [0, 0.1) is 0 Å².